The second-order valence-electron chi connectivity index (χ2n) is 5.02. The fraction of sp³-hybridized carbons (Fsp3) is 0.538. The summed E-state index contributed by atoms with van der Waals surface area (Å²) < 4.78 is 25.7. The van der Waals surface area contributed by atoms with Crippen LogP contribution in [0.15, 0.2) is 29.2 Å². The maximum absolute atomic E-state index is 12.2. The van der Waals surface area contributed by atoms with Gasteiger partial charge in [-0.05, 0) is 37.6 Å². The molecule has 1 unspecified atom stereocenters. The fourth-order valence-corrected chi connectivity index (χ4v) is 3.24. The molecule has 1 saturated heterocycles. The van der Waals surface area contributed by atoms with Gasteiger partial charge in [-0.15, -0.1) is 0 Å². The molecule has 1 atom stereocenters. The number of hydrogen-bond acceptors (Lipinski definition) is 4. The molecule has 2 rings (SSSR count). The lowest BCUT2D eigenvalue weighted by atomic mass is 10.1. The zero-order chi connectivity index (χ0) is 13.9. The van der Waals surface area contributed by atoms with E-state index in [0.717, 1.165) is 26.1 Å². The topological polar surface area (TPSA) is 61.4 Å². The summed E-state index contributed by atoms with van der Waals surface area (Å²) in [6, 6.07) is 7.06. The summed E-state index contributed by atoms with van der Waals surface area (Å²) in [6.07, 6.45) is 1.13. The van der Waals surface area contributed by atoms with Gasteiger partial charge in [-0.3, -0.25) is 0 Å². The second-order valence-corrected chi connectivity index (χ2v) is 7.14. The first kappa shape index (κ1) is 14.3. The van der Waals surface area contributed by atoms with E-state index >= 15 is 0 Å². The van der Waals surface area contributed by atoms with Crippen LogP contribution in [0.4, 0.5) is 5.69 Å². The van der Waals surface area contributed by atoms with Crippen LogP contribution in [-0.2, 0) is 10.0 Å². The fourth-order valence-electron chi connectivity index (χ4n) is 2.18. The van der Waals surface area contributed by atoms with Crippen LogP contribution in [0.25, 0.3) is 0 Å². The van der Waals surface area contributed by atoms with Crippen LogP contribution in [0.1, 0.15) is 6.42 Å². The number of para-hydroxylation sites is 1. The Hall–Kier alpha value is -1.11. The molecule has 19 heavy (non-hydrogen) atoms. The smallest absolute Gasteiger partial charge is 0.244 e. The van der Waals surface area contributed by atoms with E-state index < -0.39 is 10.0 Å². The van der Waals surface area contributed by atoms with Gasteiger partial charge in [-0.2, -0.15) is 0 Å². The van der Waals surface area contributed by atoms with E-state index in [9.17, 15) is 8.42 Å². The van der Waals surface area contributed by atoms with Gasteiger partial charge in [0, 0.05) is 20.6 Å². The standard InChI is InChI=1S/C13H21N3O2S/c1-16(2)19(17,18)13-6-4-3-5-12(13)15-10-11-7-8-14-9-11/h3-6,11,14-15H,7-10H2,1-2H3. The summed E-state index contributed by atoms with van der Waals surface area (Å²) in [5.41, 5.74) is 0.683. The van der Waals surface area contributed by atoms with Gasteiger partial charge in [0.1, 0.15) is 4.90 Å². The van der Waals surface area contributed by atoms with Crippen LogP contribution in [0.2, 0.25) is 0 Å². The van der Waals surface area contributed by atoms with Crippen molar-refractivity contribution >= 4 is 15.7 Å². The van der Waals surface area contributed by atoms with Crippen molar-refractivity contribution in [2.24, 2.45) is 5.92 Å². The monoisotopic (exact) mass is 283 g/mol. The molecule has 0 amide bonds. The van der Waals surface area contributed by atoms with E-state index in [1.807, 2.05) is 12.1 Å². The van der Waals surface area contributed by atoms with Crippen molar-refractivity contribution in [3.05, 3.63) is 24.3 Å². The molecule has 0 radical (unpaired) electrons. The van der Waals surface area contributed by atoms with Gasteiger partial charge in [-0.1, -0.05) is 12.1 Å². The van der Waals surface area contributed by atoms with E-state index in [1.54, 1.807) is 26.2 Å². The number of sulfonamides is 1. The number of nitrogens with zero attached hydrogens (tertiary/aromatic N) is 1. The largest absolute Gasteiger partial charge is 0.384 e. The highest BCUT2D eigenvalue weighted by Crippen LogP contribution is 2.23. The lowest BCUT2D eigenvalue weighted by Gasteiger charge is -2.17. The van der Waals surface area contributed by atoms with Gasteiger partial charge < -0.3 is 10.6 Å². The molecule has 1 fully saturated rings. The van der Waals surface area contributed by atoms with Crippen LogP contribution in [-0.4, -0.2) is 46.5 Å². The minimum atomic E-state index is -3.40. The average molecular weight is 283 g/mol. The van der Waals surface area contributed by atoms with E-state index in [1.165, 1.54) is 4.31 Å². The molecule has 1 aliphatic rings. The average Bonchev–Trinajstić information content (AvgIpc) is 2.89. The Bertz CT molecular complexity index is 522. The van der Waals surface area contributed by atoms with Crippen LogP contribution in [0.5, 0.6) is 0 Å². The van der Waals surface area contributed by atoms with Gasteiger partial charge in [0.15, 0.2) is 0 Å². The zero-order valence-corrected chi connectivity index (χ0v) is 12.2. The predicted octanol–water partition coefficient (Wildman–Crippen LogP) is 0.958. The Labute approximate surface area is 115 Å². The Morgan fingerprint density at radius 1 is 1.37 bits per heavy atom. The highest BCUT2D eigenvalue weighted by atomic mass is 32.2. The molecule has 0 aromatic heterocycles. The molecule has 2 N–H and O–H groups in total. The summed E-state index contributed by atoms with van der Waals surface area (Å²) in [5, 5.41) is 6.58. The number of benzene rings is 1. The predicted molar refractivity (Wildman–Crippen MR) is 76.8 cm³/mol. The van der Waals surface area contributed by atoms with Crippen molar-refractivity contribution in [2.45, 2.75) is 11.3 Å². The molecule has 0 aliphatic carbocycles. The molecule has 0 bridgehead atoms. The molecule has 1 aliphatic heterocycles. The SMILES string of the molecule is CN(C)S(=O)(=O)c1ccccc1NCC1CCNC1. The molecule has 0 spiro atoms. The summed E-state index contributed by atoms with van der Waals surface area (Å²) in [5.74, 6) is 0.565. The minimum absolute atomic E-state index is 0.339. The Balaban J connectivity index is 2.16. The van der Waals surface area contributed by atoms with Crippen LogP contribution < -0.4 is 10.6 Å². The van der Waals surface area contributed by atoms with Gasteiger partial charge >= 0.3 is 0 Å². The Morgan fingerprint density at radius 3 is 2.74 bits per heavy atom. The molecule has 5 nitrogen and oxygen atoms in total. The third-order valence-corrected chi connectivity index (χ3v) is 5.26. The first-order valence-corrected chi connectivity index (χ1v) is 7.92. The highest BCUT2D eigenvalue weighted by molar-refractivity contribution is 7.89. The number of anilines is 1. The van der Waals surface area contributed by atoms with Crippen molar-refractivity contribution < 1.29 is 8.42 Å². The van der Waals surface area contributed by atoms with Gasteiger partial charge in [0.2, 0.25) is 10.0 Å². The van der Waals surface area contributed by atoms with Crippen LogP contribution >= 0.6 is 0 Å². The number of rotatable bonds is 5. The van der Waals surface area contributed by atoms with E-state index in [4.69, 9.17) is 0 Å². The third kappa shape index (κ3) is 3.26. The van der Waals surface area contributed by atoms with Crippen LogP contribution in [0, 0.1) is 5.92 Å². The minimum Gasteiger partial charge on any atom is -0.384 e. The van der Waals surface area contributed by atoms with E-state index in [-0.39, 0.29) is 0 Å². The second kappa shape index (κ2) is 5.90. The number of nitrogens with one attached hydrogen (secondary N) is 2. The quantitative estimate of drug-likeness (QED) is 0.845. The Kier molecular flexibility index (Phi) is 4.44. The summed E-state index contributed by atoms with van der Waals surface area (Å²) >= 11 is 0. The molecule has 6 heteroatoms. The number of hydrogen-bond donors (Lipinski definition) is 2. The van der Waals surface area contributed by atoms with Gasteiger partial charge in [-0.25, -0.2) is 12.7 Å². The lowest BCUT2D eigenvalue weighted by Crippen LogP contribution is -2.24. The third-order valence-electron chi connectivity index (χ3n) is 3.39. The van der Waals surface area contributed by atoms with Crippen molar-refractivity contribution in [3.63, 3.8) is 0 Å². The molecule has 1 aromatic rings. The molecular weight excluding hydrogens is 262 g/mol. The molecule has 1 aromatic carbocycles. The first-order valence-electron chi connectivity index (χ1n) is 6.48. The lowest BCUT2D eigenvalue weighted by molar-refractivity contribution is 0.521. The summed E-state index contributed by atoms with van der Waals surface area (Å²) in [7, 11) is -0.301. The Morgan fingerprint density at radius 2 is 2.11 bits per heavy atom. The van der Waals surface area contributed by atoms with Crippen molar-refractivity contribution in [1.29, 1.82) is 0 Å². The van der Waals surface area contributed by atoms with Gasteiger partial charge in [0.25, 0.3) is 0 Å². The van der Waals surface area contributed by atoms with E-state index in [2.05, 4.69) is 10.6 Å². The molecule has 106 valence electrons. The maximum atomic E-state index is 12.2. The maximum Gasteiger partial charge on any atom is 0.244 e. The summed E-state index contributed by atoms with van der Waals surface area (Å²) in [4.78, 5) is 0.339. The zero-order valence-electron chi connectivity index (χ0n) is 11.4. The van der Waals surface area contributed by atoms with Crippen LogP contribution in [0.3, 0.4) is 0 Å². The summed E-state index contributed by atoms with van der Waals surface area (Å²) in [6.45, 7) is 2.84. The first-order chi connectivity index (χ1) is 9.01. The van der Waals surface area contributed by atoms with Crippen molar-refractivity contribution in [3.8, 4) is 0 Å². The molecule has 1 heterocycles. The van der Waals surface area contributed by atoms with Gasteiger partial charge in [0.05, 0.1) is 5.69 Å². The van der Waals surface area contributed by atoms with Crippen molar-refractivity contribution in [2.75, 3.05) is 39.0 Å². The highest BCUT2D eigenvalue weighted by Gasteiger charge is 2.21. The molecular formula is C13H21N3O2S. The molecule has 0 saturated carbocycles. The van der Waals surface area contributed by atoms with Crippen molar-refractivity contribution in [1.82, 2.24) is 9.62 Å². The normalized spacial score (nSPS) is 19.8. The van der Waals surface area contributed by atoms with E-state index in [0.29, 0.717) is 16.5 Å².